The van der Waals surface area contributed by atoms with Crippen LogP contribution in [0, 0.1) is 24.7 Å². The average Bonchev–Trinajstić information content (AvgIpc) is 3.05. The number of carbonyl (C=O) groups is 2. The molecule has 1 aliphatic heterocycles. The zero-order chi connectivity index (χ0) is 14.1. The summed E-state index contributed by atoms with van der Waals surface area (Å²) in [7, 11) is 0. The number of carbonyl (C=O) groups excluding carboxylic acids is 1. The highest BCUT2D eigenvalue weighted by molar-refractivity contribution is 6.00. The van der Waals surface area contributed by atoms with Gasteiger partial charge in [0.1, 0.15) is 11.4 Å². The maximum absolute atomic E-state index is 12.4. The SMILES string of the molecule is Cc1ccc2c(c1)C(=O)C[C@]1(CC[C@@H]3[C@@H](C(=O)O)[C@H]31)O2. The molecule has 4 heteroatoms. The van der Waals surface area contributed by atoms with Crippen molar-refractivity contribution < 1.29 is 19.4 Å². The van der Waals surface area contributed by atoms with Crippen LogP contribution in [0.2, 0.25) is 0 Å². The lowest BCUT2D eigenvalue weighted by Gasteiger charge is -2.37. The fourth-order valence-corrected chi connectivity index (χ4v) is 4.26. The van der Waals surface area contributed by atoms with Gasteiger partial charge in [-0.3, -0.25) is 9.59 Å². The van der Waals surface area contributed by atoms with E-state index in [1.807, 2.05) is 25.1 Å². The molecule has 2 aliphatic carbocycles. The largest absolute Gasteiger partial charge is 0.486 e. The Kier molecular flexibility index (Phi) is 2.16. The molecule has 104 valence electrons. The predicted octanol–water partition coefficient (Wildman–Crippen LogP) is 2.44. The fourth-order valence-electron chi connectivity index (χ4n) is 4.26. The number of aliphatic carboxylic acids is 1. The van der Waals surface area contributed by atoms with Crippen molar-refractivity contribution in [3.63, 3.8) is 0 Å². The van der Waals surface area contributed by atoms with Gasteiger partial charge in [-0.1, -0.05) is 11.6 Å². The summed E-state index contributed by atoms with van der Waals surface area (Å²) in [6.45, 7) is 1.95. The fraction of sp³-hybridized carbons (Fsp3) is 0.500. The Balaban J connectivity index is 1.72. The highest BCUT2D eigenvalue weighted by Crippen LogP contribution is 2.65. The van der Waals surface area contributed by atoms with E-state index in [0.717, 1.165) is 18.4 Å². The van der Waals surface area contributed by atoms with Crippen molar-refractivity contribution in [1.29, 1.82) is 0 Å². The Morgan fingerprint density at radius 1 is 1.45 bits per heavy atom. The summed E-state index contributed by atoms with van der Waals surface area (Å²) >= 11 is 0. The first kappa shape index (κ1) is 11.9. The second-order valence-corrected chi connectivity index (χ2v) is 6.36. The third-order valence-electron chi connectivity index (χ3n) is 5.17. The third kappa shape index (κ3) is 1.42. The van der Waals surface area contributed by atoms with Crippen LogP contribution >= 0.6 is 0 Å². The molecule has 0 saturated heterocycles. The number of ketones is 1. The molecule has 0 amide bonds. The normalized spacial score (nSPS) is 37.2. The van der Waals surface area contributed by atoms with Crippen LogP contribution < -0.4 is 4.74 Å². The monoisotopic (exact) mass is 272 g/mol. The van der Waals surface area contributed by atoms with E-state index in [2.05, 4.69) is 0 Å². The standard InChI is InChI=1S/C16H16O4/c1-8-2-3-12-10(6-8)11(17)7-16(20-12)5-4-9-13(14(9)16)15(18)19/h2-3,6,9,13-14H,4-5,7H2,1H3,(H,18,19)/t9-,13-,14+,16+/m1/s1. The van der Waals surface area contributed by atoms with Crippen LogP contribution in [0.4, 0.5) is 0 Å². The van der Waals surface area contributed by atoms with E-state index in [4.69, 9.17) is 4.74 Å². The molecule has 2 saturated carbocycles. The second kappa shape index (κ2) is 3.62. The van der Waals surface area contributed by atoms with Gasteiger partial charge in [-0.05, 0) is 37.8 Å². The first-order chi connectivity index (χ1) is 9.52. The summed E-state index contributed by atoms with van der Waals surface area (Å²) in [5.74, 6) is -0.130. The summed E-state index contributed by atoms with van der Waals surface area (Å²) in [6, 6.07) is 5.63. The minimum Gasteiger partial charge on any atom is -0.486 e. The number of hydrogen-bond acceptors (Lipinski definition) is 3. The van der Waals surface area contributed by atoms with Crippen LogP contribution in [0.25, 0.3) is 0 Å². The molecular formula is C16H16O4. The topological polar surface area (TPSA) is 63.6 Å². The van der Waals surface area contributed by atoms with Crippen molar-refractivity contribution in [2.24, 2.45) is 17.8 Å². The van der Waals surface area contributed by atoms with Gasteiger partial charge >= 0.3 is 5.97 Å². The highest BCUT2D eigenvalue weighted by atomic mass is 16.5. The van der Waals surface area contributed by atoms with E-state index in [9.17, 15) is 14.7 Å². The summed E-state index contributed by atoms with van der Waals surface area (Å²) in [5.41, 5.74) is 1.12. The number of carboxylic acids is 1. The zero-order valence-electron chi connectivity index (χ0n) is 11.3. The molecule has 1 N–H and O–H groups in total. The van der Waals surface area contributed by atoms with Gasteiger partial charge in [0, 0.05) is 5.92 Å². The van der Waals surface area contributed by atoms with Gasteiger partial charge in [-0.15, -0.1) is 0 Å². The van der Waals surface area contributed by atoms with Gasteiger partial charge in [-0.2, -0.15) is 0 Å². The molecule has 0 bridgehead atoms. The average molecular weight is 272 g/mol. The molecule has 4 rings (SSSR count). The first-order valence-corrected chi connectivity index (χ1v) is 7.07. The lowest BCUT2D eigenvalue weighted by Crippen LogP contribution is -2.43. The van der Waals surface area contributed by atoms with Crippen LogP contribution in [0.1, 0.15) is 35.2 Å². The van der Waals surface area contributed by atoms with Crippen molar-refractivity contribution in [1.82, 2.24) is 0 Å². The molecule has 3 aliphatic rings. The van der Waals surface area contributed by atoms with Crippen molar-refractivity contribution in [3.8, 4) is 5.75 Å². The molecule has 4 atom stereocenters. The minimum atomic E-state index is -0.746. The molecule has 0 radical (unpaired) electrons. The molecular weight excluding hydrogens is 256 g/mol. The number of ether oxygens (including phenoxy) is 1. The maximum Gasteiger partial charge on any atom is 0.307 e. The maximum atomic E-state index is 12.4. The summed E-state index contributed by atoms with van der Waals surface area (Å²) in [4.78, 5) is 23.6. The molecule has 2 fully saturated rings. The molecule has 1 heterocycles. The van der Waals surface area contributed by atoms with Crippen LogP contribution in [0.5, 0.6) is 5.75 Å². The number of Topliss-reactive ketones (excluding diaryl/α,β-unsaturated/α-hetero) is 1. The zero-order valence-corrected chi connectivity index (χ0v) is 11.3. The van der Waals surface area contributed by atoms with Crippen molar-refractivity contribution in [2.45, 2.75) is 31.8 Å². The van der Waals surface area contributed by atoms with E-state index in [0.29, 0.717) is 17.7 Å². The Morgan fingerprint density at radius 3 is 2.95 bits per heavy atom. The van der Waals surface area contributed by atoms with E-state index >= 15 is 0 Å². The molecule has 1 aromatic rings. The third-order valence-corrected chi connectivity index (χ3v) is 5.17. The lowest BCUT2D eigenvalue weighted by atomic mass is 9.84. The summed E-state index contributed by atoms with van der Waals surface area (Å²) in [5, 5.41) is 9.23. The Hall–Kier alpha value is -1.84. The minimum absolute atomic E-state index is 0.0124. The predicted molar refractivity (Wildman–Crippen MR) is 70.8 cm³/mol. The number of benzene rings is 1. The van der Waals surface area contributed by atoms with Crippen molar-refractivity contribution in [2.75, 3.05) is 0 Å². The van der Waals surface area contributed by atoms with Gasteiger partial charge in [0.2, 0.25) is 0 Å². The molecule has 4 nitrogen and oxygen atoms in total. The van der Waals surface area contributed by atoms with Crippen LogP contribution in [-0.2, 0) is 4.79 Å². The first-order valence-electron chi connectivity index (χ1n) is 7.07. The number of carboxylic acid groups (broad SMARTS) is 1. The summed E-state index contributed by atoms with van der Waals surface area (Å²) in [6.07, 6.45) is 1.98. The highest BCUT2D eigenvalue weighted by Gasteiger charge is 2.70. The number of aryl methyl sites for hydroxylation is 1. The van der Waals surface area contributed by atoms with Gasteiger partial charge in [0.05, 0.1) is 17.9 Å². The number of fused-ring (bicyclic) bond motifs is 3. The molecule has 20 heavy (non-hydrogen) atoms. The van der Waals surface area contributed by atoms with Crippen LogP contribution in [0.15, 0.2) is 18.2 Å². The van der Waals surface area contributed by atoms with E-state index in [-0.39, 0.29) is 23.5 Å². The van der Waals surface area contributed by atoms with E-state index in [1.165, 1.54) is 0 Å². The van der Waals surface area contributed by atoms with Crippen molar-refractivity contribution in [3.05, 3.63) is 29.3 Å². The smallest absolute Gasteiger partial charge is 0.307 e. The van der Waals surface area contributed by atoms with Gasteiger partial charge in [0.15, 0.2) is 5.78 Å². The number of hydrogen-bond donors (Lipinski definition) is 1. The van der Waals surface area contributed by atoms with Gasteiger partial charge in [0.25, 0.3) is 0 Å². The van der Waals surface area contributed by atoms with Crippen LogP contribution in [-0.4, -0.2) is 22.5 Å². The lowest BCUT2D eigenvalue weighted by molar-refractivity contribution is -0.140. The van der Waals surface area contributed by atoms with Gasteiger partial charge < -0.3 is 9.84 Å². The second-order valence-electron chi connectivity index (χ2n) is 6.36. The van der Waals surface area contributed by atoms with E-state index < -0.39 is 11.6 Å². The van der Waals surface area contributed by atoms with Crippen molar-refractivity contribution >= 4 is 11.8 Å². The number of rotatable bonds is 1. The Morgan fingerprint density at radius 2 is 2.25 bits per heavy atom. The van der Waals surface area contributed by atoms with Crippen LogP contribution in [0.3, 0.4) is 0 Å². The Labute approximate surface area is 116 Å². The summed E-state index contributed by atoms with van der Waals surface area (Å²) < 4.78 is 6.16. The molecule has 0 aromatic heterocycles. The quantitative estimate of drug-likeness (QED) is 0.852. The molecule has 1 aromatic carbocycles. The van der Waals surface area contributed by atoms with Gasteiger partial charge in [-0.25, -0.2) is 0 Å². The van der Waals surface area contributed by atoms with E-state index in [1.54, 1.807) is 0 Å². The molecule has 1 spiro atoms. The molecule has 0 unspecified atom stereocenters. The Bertz CT molecular complexity index is 635.